The summed E-state index contributed by atoms with van der Waals surface area (Å²) in [5.41, 5.74) is 2.73. The molecule has 160 valence electrons. The molecule has 2 aliphatic heterocycles. The number of carbonyl (C=O) groups excluding carboxylic acids is 3. The van der Waals surface area contributed by atoms with Gasteiger partial charge in [0, 0.05) is 24.2 Å². The topological polar surface area (TPSA) is 104 Å². The van der Waals surface area contributed by atoms with Gasteiger partial charge in [0.15, 0.2) is 11.5 Å². The van der Waals surface area contributed by atoms with Gasteiger partial charge in [-0.2, -0.15) is 0 Å². The molecule has 3 amide bonds. The quantitative estimate of drug-likeness (QED) is 0.666. The van der Waals surface area contributed by atoms with Crippen LogP contribution in [0, 0.1) is 0 Å². The number of benzene rings is 2. The predicted molar refractivity (Wildman–Crippen MR) is 118 cm³/mol. The fourth-order valence-corrected chi connectivity index (χ4v) is 4.09. The van der Waals surface area contributed by atoms with Crippen molar-refractivity contribution in [1.82, 2.24) is 20.2 Å². The van der Waals surface area contributed by atoms with E-state index in [1.54, 1.807) is 23.1 Å². The molecule has 1 saturated heterocycles. The van der Waals surface area contributed by atoms with Gasteiger partial charge in [-0.1, -0.05) is 42.5 Å². The molecule has 3 heterocycles. The minimum atomic E-state index is -0.474. The van der Waals surface area contributed by atoms with Crippen LogP contribution in [0.1, 0.15) is 39.3 Å². The van der Waals surface area contributed by atoms with Gasteiger partial charge in [-0.05, 0) is 30.5 Å². The molecule has 2 aromatic carbocycles. The van der Waals surface area contributed by atoms with Crippen LogP contribution in [0.25, 0.3) is 11.3 Å². The Labute approximate surface area is 184 Å². The molecule has 1 fully saturated rings. The van der Waals surface area contributed by atoms with Crippen LogP contribution < -0.4 is 10.6 Å². The Balaban J connectivity index is 1.40. The van der Waals surface area contributed by atoms with Crippen LogP contribution in [-0.4, -0.2) is 45.2 Å². The number of nitrogens with one attached hydrogen (secondary N) is 2. The first-order valence-corrected chi connectivity index (χ1v) is 10.5. The van der Waals surface area contributed by atoms with Gasteiger partial charge in [-0.15, -0.1) is 0 Å². The van der Waals surface area contributed by atoms with Crippen molar-refractivity contribution in [3.05, 3.63) is 77.6 Å². The first-order valence-electron chi connectivity index (χ1n) is 10.5. The molecule has 0 radical (unpaired) electrons. The first kappa shape index (κ1) is 19.9. The standard InChI is InChI=1S/C24H21N5O3/c30-22(26-13-15-6-2-1-3-7-15)17-9-4-8-16(12-17)18-14-25-21-20(27-18)24(32)29-11-5-10-19(29)23(31)28-21/h1-4,6-9,12,14,19H,5,10-11,13H2,(H,26,30)(H,25,28,31)/t19-/m0/s1. The van der Waals surface area contributed by atoms with Gasteiger partial charge in [0.05, 0.1) is 11.9 Å². The predicted octanol–water partition coefficient (Wildman–Crippen LogP) is 2.63. The average molecular weight is 427 g/mol. The minimum Gasteiger partial charge on any atom is -0.348 e. The monoisotopic (exact) mass is 427 g/mol. The largest absolute Gasteiger partial charge is 0.348 e. The number of aromatic nitrogens is 2. The van der Waals surface area contributed by atoms with Crippen LogP contribution in [0.5, 0.6) is 0 Å². The summed E-state index contributed by atoms with van der Waals surface area (Å²) in [6.07, 6.45) is 2.93. The van der Waals surface area contributed by atoms with Crippen molar-refractivity contribution in [3.63, 3.8) is 0 Å². The van der Waals surface area contributed by atoms with Crippen LogP contribution in [-0.2, 0) is 11.3 Å². The van der Waals surface area contributed by atoms with E-state index in [0.717, 1.165) is 12.0 Å². The lowest BCUT2D eigenvalue weighted by atomic mass is 10.1. The molecule has 0 saturated carbocycles. The van der Waals surface area contributed by atoms with Gasteiger partial charge in [-0.25, -0.2) is 9.97 Å². The van der Waals surface area contributed by atoms with Crippen molar-refractivity contribution in [2.45, 2.75) is 25.4 Å². The molecule has 8 nitrogen and oxygen atoms in total. The van der Waals surface area contributed by atoms with E-state index in [-0.39, 0.29) is 29.2 Å². The van der Waals surface area contributed by atoms with E-state index in [2.05, 4.69) is 20.6 Å². The fourth-order valence-electron chi connectivity index (χ4n) is 4.09. The van der Waals surface area contributed by atoms with E-state index in [9.17, 15) is 14.4 Å². The maximum atomic E-state index is 13.0. The van der Waals surface area contributed by atoms with Crippen LogP contribution >= 0.6 is 0 Å². The second-order valence-electron chi connectivity index (χ2n) is 7.85. The highest BCUT2D eigenvalue weighted by molar-refractivity contribution is 6.08. The zero-order valence-electron chi connectivity index (χ0n) is 17.2. The van der Waals surface area contributed by atoms with Crippen LogP contribution in [0.4, 0.5) is 5.82 Å². The molecule has 3 aromatic rings. The van der Waals surface area contributed by atoms with Gasteiger partial charge < -0.3 is 15.5 Å². The van der Waals surface area contributed by atoms with Crippen LogP contribution in [0.15, 0.2) is 60.8 Å². The van der Waals surface area contributed by atoms with Crippen molar-refractivity contribution < 1.29 is 14.4 Å². The number of anilines is 1. The summed E-state index contributed by atoms with van der Waals surface area (Å²) >= 11 is 0. The highest BCUT2D eigenvalue weighted by Gasteiger charge is 2.39. The second-order valence-corrected chi connectivity index (χ2v) is 7.85. The molecule has 0 unspecified atom stereocenters. The van der Waals surface area contributed by atoms with Gasteiger partial charge >= 0.3 is 0 Å². The summed E-state index contributed by atoms with van der Waals surface area (Å²) < 4.78 is 0. The summed E-state index contributed by atoms with van der Waals surface area (Å²) in [6.45, 7) is 0.951. The van der Waals surface area contributed by atoms with Crippen molar-refractivity contribution in [1.29, 1.82) is 0 Å². The third-order valence-corrected chi connectivity index (χ3v) is 5.75. The number of fused-ring (bicyclic) bond motifs is 2. The number of amides is 3. The molecule has 1 atom stereocenters. The summed E-state index contributed by atoms with van der Waals surface area (Å²) in [6, 6.07) is 16.2. The number of nitrogens with zero attached hydrogens (tertiary/aromatic N) is 3. The van der Waals surface area contributed by atoms with E-state index < -0.39 is 6.04 Å². The lowest BCUT2D eigenvalue weighted by molar-refractivity contribution is -0.119. The Morgan fingerprint density at radius 3 is 2.81 bits per heavy atom. The minimum absolute atomic E-state index is 0.124. The smallest absolute Gasteiger partial charge is 0.277 e. The summed E-state index contributed by atoms with van der Waals surface area (Å²) in [7, 11) is 0. The lowest BCUT2D eigenvalue weighted by Gasteiger charge is -2.19. The molecular formula is C24H21N5O3. The average Bonchev–Trinajstić information content (AvgIpc) is 3.30. The van der Waals surface area contributed by atoms with Crippen molar-refractivity contribution in [2.75, 3.05) is 11.9 Å². The molecule has 32 heavy (non-hydrogen) atoms. The molecule has 5 rings (SSSR count). The van der Waals surface area contributed by atoms with Crippen molar-refractivity contribution in [2.24, 2.45) is 0 Å². The Bertz CT molecular complexity index is 1210. The SMILES string of the molecule is O=C(NCc1ccccc1)c1cccc(-c2cnc3c(n2)C(=O)N2CCC[C@H]2C(=O)N3)c1. The lowest BCUT2D eigenvalue weighted by Crippen LogP contribution is -2.40. The van der Waals surface area contributed by atoms with Gasteiger partial charge in [-0.3, -0.25) is 14.4 Å². The molecular weight excluding hydrogens is 406 g/mol. The van der Waals surface area contributed by atoms with Crippen molar-refractivity contribution in [3.8, 4) is 11.3 Å². The van der Waals surface area contributed by atoms with E-state index in [1.807, 2.05) is 36.4 Å². The van der Waals surface area contributed by atoms with Gasteiger partial charge in [0.2, 0.25) is 5.91 Å². The Kier molecular flexibility index (Phi) is 5.10. The van der Waals surface area contributed by atoms with E-state index >= 15 is 0 Å². The zero-order chi connectivity index (χ0) is 22.1. The van der Waals surface area contributed by atoms with Crippen molar-refractivity contribution >= 4 is 23.5 Å². The van der Waals surface area contributed by atoms with Crippen LogP contribution in [0.3, 0.4) is 0 Å². The number of hydrogen-bond acceptors (Lipinski definition) is 5. The molecule has 0 aliphatic carbocycles. The van der Waals surface area contributed by atoms with E-state index in [0.29, 0.717) is 36.3 Å². The Hall–Kier alpha value is -4.07. The highest BCUT2D eigenvalue weighted by atomic mass is 16.2. The Morgan fingerprint density at radius 2 is 1.97 bits per heavy atom. The number of carbonyl (C=O) groups is 3. The zero-order valence-corrected chi connectivity index (χ0v) is 17.2. The number of hydrogen-bond donors (Lipinski definition) is 2. The molecule has 8 heteroatoms. The maximum Gasteiger partial charge on any atom is 0.277 e. The molecule has 1 aromatic heterocycles. The molecule has 2 aliphatic rings. The summed E-state index contributed by atoms with van der Waals surface area (Å²) in [4.78, 5) is 48.4. The molecule has 2 N–H and O–H groups in total. The van der Waals surface area contributed by atoms with Gasteiger partial charge in [0.25, 0.3) is 11.8 Å². The van der Waals surface area contributed by atoms with E-state index in [1.165, 1.54) is 6.20 Å². The molecule has 0 spiro atoms. The fraction of sp³-hybridized carbons (Fsp3) is 0.208. The highest BCUT2D eigenvalue weighted by Crippen LogP contribution is 2.28. The summed E-state index contributed by atoms with van der Waals surface area (Å²) in [5, 5.41) is 5.63. The Morgan fingerprint density at radius 1 is 1.12 bits per heavy atom. The number of rotatable bonds is 4. The third kappa shape index (κ3) is 3.71. The molecule has 0 bridgehead atoms. The van der Waals surface area contributed by atoms with E-state index in [4.69, 9.17) is 0 Å². The van der Waals surface area contributed by atoms with Crippen LogP contribution in [0.2, 0.25) is 0 Å². The maximum absolute atomic E-state index is 13.0. The third-order valence-electron chi connectivity index (χ3n) is 5.75. The first-order chi connectivity index (χ1) is 15.6. The summed E-state index contributed by atoms with van der Waals surface area (Å²) in [5.74, 6) is -0.558. The second kappa shape index (κ2) is 8.22. The normalized spacial score (nSPS) is 17.2. The van der Waals surface area contributed by atoms with Gasteiger partial charge in [0.1, 0.15) is 6.04 Å².